The normalized spacial score (nSPS) is 10.4. The maximum Gasteiger partial charge on any atom is 0.324 e. The van der Waals surface area contributed by atoms with Crippen LogP contribution in [-0.4, -0.2) is 21.2 Å². The molecule has 0 bridgehead atoms. The van der Waals surface area contributed by atoms with Crippen molar-refractivity contribution in [2.24, 2.45) is 0 Å². The lowest BCUT2D eigenvalue weighted by Gasteiger charge is -2.05. The summed E-state index contributed by atoms with van der Waals surface area (Å²) in [5, 5.41) is 12.8. The van der Waals surface area contributed by atoms with E-state index >= 15 is 0 Å². The average molecular weight is 320 g/mol. The number of carbonyl (C=O) groups excluding carboxylic acids is 1. The molecule has 8 nitrogen and oxygen atoms in total. The molecule has 0 aliphatic heterocycles. The van der Waals surface area contributed by atoms with Gasteiger partial charge in [-0.3, -0.25) is 5.32 Å². The Balaban J connectivity index is 1.57. The fraction of sp³-hybridized carbons (Fsp3) is 0.0769. The number of rotatable bonds is 4. The monoisotopic (exact) mass is 319 g/mol. The number of anilines is 1. The van der Waals surface area contributed by atoms with Gasteiger partial charge in [0.2, 0.25) is 0 Å². The largest absolute Gasteiger partial charge is 0.459 e. The van der Waals surface area contributed by atoms with Crippen LogP contribution in [0.5, 0.6) is 0 Å². The quantitative estimate of drug-likeness (QED) is 0.716. The zero-order chi connectivity index (χ0) is 15.4. The molecular weight excluding hydrogens is 310 g/mol. The molecule has 22 heavy (non-hydrogen) atoms. The van der Waals surface area contributed by atoms with E-state index in [-0.39, 0.29) is 18.5 Å². The number of furan rings is 1. The highest BCUT2D eigenvalue weighted by Gasteiger charge is 2.13. The van der Waals surface area contributed by atoms with Crippen molar-refractivity contribution in [2.45, 2.75) is 6.54 Å². The molecule has 0 spiro atoms. The highest BCUT2D eigenvalue weighted by atomic mass is 35.5. The summed E-state index contributed by atoms with van der Waals surface area (Å²) in [4.78, 5) is 15.7. The van der Waals surface area contributed by atoms with Crippen molar-refractivity contribution in [1.29, 1.82) is 0 Å². The Morgan fingerprint density at radius 2 is 2.18 bits per heavy atom. The van der Waals surface area contributed by atoms with Gasteiger partial charge in [0.15, 0.2) is 5.76 Å². The van der Waals surface area contributed by atoms with Crippen LogP contribution in [0.1, 0.15) is 5.56 Å². The van der Waals surface area contributed by atoms with Crippen molar-refractivity contribution >= 4 is 23.6 Å². The zero-order valence-electron chi connectivity index (χ0n) is 11.1. The first-order valence-corrected chi connectivity index (χ1v) is 6.62. The molecule has 0 saturated heterocycles. The van der Waals surface area contributed by atoms with Gasteiger partial charge in [-0.25, -0.2) is 9.78 Å². The Morgan fingerprint density at radius 3 is 2.95 bits per heavy atom. The molecule has 2 amide bonds. The molecule has 3 heterocycles. The highest BCUT2D eigenvalue weighted by molar-refractivity contribution is 6.30. The minimum atomic E-state index is -0.505. The second-order valence-corrected chi connectivity index (χ2v) is 4.51. The van der Waals surface area contributed by atoms with Crippen LogP contribution in [0, 0.1) is 0 Å². The van der Waals surface area contributed by atoms with Crippen molar-refractivity contribution < 1.29 is 13.6 Å². The topological polar surface area (TPSA) is 106 Å². The van der Waals surface area contributed by atoms with Gasteiger partial charge in [-0.1, -0.05) is 22.8 Å². The third kappa shape index (κ3) is 3.23. The van der Waals surface area contributed by atoms with E-state index < -0.39 is 6.03 Å². The van der Waals surface area contributed by atoms with E-state index in [1.54, 1.807) is 30.5 Å². The fourth-order valence-corrected chi connectivity index (χ4v) is 1.83. The summed E-state index contributed by atoms with van der Waals surface area (Å²) in [6.45, 7) is 0.220. The number of carbonyl (C=O) groups is 1. The van der Waals surface area contributed by atoms with Crippen molar-refractivity contribution in [3.63, 3.8) is 0 Å². The maximum absolute atomic E-state index is 11.8. The van der Waals surface area contributed by atoms with Gasteiger partial charge < -0.3 is 14.2 Å². The molecule has 3 rings (SSSR count). The Labute approximate surface area is 129 Å². The maximum atomic E-state index is 11.8. The van der Waals surface area contributed by atoms with Gasteiger partial charge >= 0.3 is 12.0 Å². The standard InChI is InChI=1S/C13H10ClN5O3/c14-10-8(3-1-5-15-10)7-16-12(20)17-13-19-18-11(22-13)9-4-2-6-21-9/h1-6H,7H2,(H2,16,17,19,20). The van der Waals surface area contributed by atoms with Gasteiger partial charge in [-0.2, -0.15) is 0 Å². The molecule has 112 valence electrons. The molecular formula is C13H10ClN5O3. The van der Waals surface area contributed by atoms with E-state index in [4.69, 9.17) is 20.4 Å². The number of urea groups is 1. The summed E-state index contributed by atoms with van der Waals surface area (Å²) in [6.07, 6.45) is 3.05. The second kappa shape index (κ2) is 6.27. The highest BCUT2D eigenvalue weighted by Crippen LogP contribution is 2.19. The fourth-order valence-electron chi connectivity index (χ4n) is 1.64. The molecule has 3 aromatic rings. The van der Waals surface area contributed by atoms with E-state index in [2.05, 4.69) is 25.8 Å². The molecule has 0 unspecified atom stereocenters. The number of pyridine rings is 1. The summed E-state index contributed by atoms with van der Waals surface area (Å²) in [5.74, 6) is 0.596. The van der Waals surface area contributed by atoms with Crippen molar-refractivity contribution in [3.8, 4) is 11.7 Å². The van der Waals surface area contributed by atoms with Crippen LogP contribution in [-0.2, 0) is 6.54 Å². The SMILES string of the molecule is O=C(NCc1cccnc1Cl)Nc1nnc(-c2ccco2)o1. The summed E-state index contributed by atoms with van der Waals surface area (Å²) in [6, 6.07) is 6.31. The predicted octanol–water partition coefficient (Wildman–Crippen LogP) is 2.70. The van der Waals surface area contributed by atoms with Crippen molar-refractivity contribution in [3.05, 3.63) is 47.4 Å². The van der Waals surface area contributed by atoms with Gasteiger partial charge in [0.05, 0.1) is 6.26 Å². The second-order valence-electron chi connectivity index (χ2n) is 4.15. The molecule has 0 radical (unpaired) electrons. The van der Waals surface area contributed by atoms with Gasteiger partial charge in [-0.05, 0) is 18.2 Å². The number of hydrogen-bond donors (Lipinski definition) is 2. The zero-order valence-corrected chi connectivity index (χ0v) is 11.9. The van der Waals surface area contributed by atoms with Crippen molar-refractivity contribution in [1.82, 2.24) is 20.5 Å². The minimum absolute atomic E-state index is 0.0406. The Hall–Kier alpha value is -2.87. The number of aromatic nitrogens is 3. The first kappa shape index (κ1) is 14.1. The van der Waals surface area contributed by atoms with Crippen LogP contribution in [0.2, 0.25) is 5.15 Å². The molecule has 2 N–H and O–H groups in total. The Bertz CT molecular complexity index is 772. The van der Waals surface area contributed by atoms with E-state index in [9.17, 15) is 4.79 Å². The number of nitrogens with zero attached hydrogens (tertiary/aromatic N) is 3. The van der Waals surface area contributed by atoms with Crippen LogP contribution in [0.15, 0.2) is 45.6 Å². The van der Waals surface area contributed by atoms with Crippen LogP contribution >= 0.6 is 11.6 Å². The molecule has 0 aromatic carbocycles. The van der Waals surface area contributed by atoms with E-state index in [0.717, 1.165) is 0 Å². The minimum Gasteiger partial charge on any atom is -0.459 e. The molecule has 9 heteroatoms. The lowest BCUT2D eigenvalue weighted by molar-refractivity contribution is 0.251. The summed E-state index contributed by atoms with van der Waals surface area (Å²) in [5.41, 5.74) is 0.695. The van der Waals surface area contributed by atoms with Gasteiger partial charge in [-0.15, -0.1) is 5.10 Å². The van der Waals surface area contributed by atoms with Crippen LogP contribution in [0.3, 0.4) is 0 Å². The lowest BCUT2D eigenvalue weighted by Crippen LogP contribution is -2.28. The average Bonchev–Trinajstić information content (AvgIpc) is 3.17. The Morgan fingerprint density at radius 1 is 1.27 bits per heavy atom. The molecule has 0 aliphatic carbocycles. The summed E-state index contributed by atoms with van der Waals surface area (Å²) >= 11 is 5.89. The number of amides is 2. The smallest absolute Gasteiger partial charge is 0.324 e. The van der Waals surface area contributed by atoms with Gasteiger partial charge in [0.1, 0.15) is 5.15 Å². The van der Waals surface area contributed by atoms with Crippen LogP contribution < -0.4 is 10.6 Å². The van der Waals surface area contributed by atoms with Gasteiger partial charge in [0.25, 0.3) is 5.89 Å². The number of hydrogen-bond acceptors (Lipinski definition) is 6. The summed E-state index contributed by atoms with van der Waals surface area (Å²) in [7, 11) is 0. The lowest BCUT2D eigenvalue weighted by atomic mass is 10.3. The first-order valence-electron chi connectivity index (χ1n) is 6.24. The van der Waals surface area contributed by atoms with Gasteiger partial charge in [0, 0.05) is 18.3 Å². The first-order chi connectivity index (χ1) is 10.7. The summed E-state index contributed by atoms with van der Waals surface area (Å²) < 4.78 is 10.4. The molecule has 0 atom stereocenters. The number of halogens is 1. The van der Waals surface area contributed by atoms with Crippen LogP contribution in [0.4, 0.5) is 10.8 Å². The van der Waals surface area contributed by atoms with Crippen molar-refractivity contribution in [2.75, 3.05) is 5.32 Å². The predicted molar refractivity (Wildman–Crippen MR) is 77.1 cm³/mol. The number of nitrogens with one attached hydrogen (secondary N) is 2. The molecule has 0 fully saturated rings. The molecule has 0 saturated carbocycles. The molecule has 0 aliphatic rings. The van der Waals surface area contributed by atoms with E-state index in [1.165, 1.54) is 6.26 Å². The third-order valence-corrected chi connectivity index (χ3v) is 2.99. The van der Waals surface area contributed by atoms with E-state index in [1.807, 2.05) is 0 Å². The third-order valence-electron chi connectivity index (χ3n) is 2.65. The van der Waals surface area contributed by atoms with Crippen LogP contribution in [0.25, 0.3) is 11.7 Å². The Kier molecular flexibility index (Phi) is 4.01. The molecule has 3 aromatic heterocycles. The van der Waals surface area contributed by atoms with E-state index in [0.29, 0.717) is 16.5 Å².